The zero-order valence-corrected chi connectivity index (χ0v) is 8.49. The molecule has 1 aromatic carbocycles. The molecule has 0 aliphatic carbocycles. The topological polar surface area (TPSA) is 52.3 Å². The Bertz CT molecular complexity index is 306. The number of carbonyl (C=O) groups is 1. The zero-order valence-electron chi connectivity index (χ0n) is 8.49. The predicted octanol–water partition coefficient (Wildman–Crippen LogP) is 1.67. The van der Waals surface area contributed by atoms with Crippen molar-refractivity contribution < 1.29 is 9.53 Å². The Labute approximate surface area is 83.9 Å². The lowest BCUT2D eigenvalue weighted by Gasteiger charge is -2.09. The van der Waals surface area contributed by atoms with Gasteiger partial charge in [0.25, 0.3) is 0 Å². The van der Waals surface area contributed by atoms with E-state index in [2.05, 4.69) is 0 Å². The molecule has 0 amide bonds. The second-order valence-corrected chi connectivity index (χ2v) is 3.07. The van der Waals surface area contributed by atoms with E-state index < -0.39 is 6.04 Å². The summed E-state index contributed by atoms with van der Waals surface area (Å²) < 4.78 is 5.01. The van der Waals surface area contributed by atoms with Gasteiger partial charge in [0.05, 0.1) is 13.2 Å². The average Bonchev–Trinajstić information content (AvgIpc) is 2.27. The van der Waals surface area contributed by atoms with Crippen LogP contribution in [0.15, 0.2) is 24.3 Å². The number of ether oxygens (including phenoxy) is 1. The van der Waals surface area contributed by atoms with Crippen molar-refractivity contribution in [2.24, 2.45) is 5.73 Å². The third kappa shape index (κ3) is 2.33. The van der Waals surface area contributed by atoms with Crippen LogP contribution in [-0.2, 0) is 4.79 Å². The van der Waals surface area contributed by atoms with Crippen LogP contribution >= 0.6 is 0 Å². The summed E-state index contributed by atoms with van der Waals surface area (Å²) in [6, 6.07) is 6.73. The lowest BCUT2D eigenvalue weighted by Crippen LogP contribution is -2.20. The largest absolute Gasteiger partial charge is 0.497 e. The first-order chi connectivity index (χ1) is 6.69. The summed E-state index contributed by atoms with van der Waals surface area (Å²) in [6.45, 7) is 1.81. The van der Waals surface area contributed by atoms with Gasteiger partial charge < -0.3 is 10.5 Å². The number of nitrogens with two attached hydrogens (primary N) is 1. The van der Waals surface area contributed by atoms with Crippen LogP contribution in [-0.4, -0.2) is 12.9 Å². The number of ketones is 1. The molecule has 0 saturated carbocycles. The molecule has 0 saturated heterocycles. The predicted molar refractivity (Wildman–Crippen MR) is 55.2 cm³/mol. The Morgan fingerprint density at radius 2 is 2.00 bits per heavy atom. The SMILES string of the molecule is CCC(=O)C(N)c1ccc(OC)cc1. The first-order valence-corrected chi connectivity index (χ1v) is 4.61. The van der Waals surface area contributed by atoms with Crippen LogP contribution in [0.5, 0.6) is 5.75 Å². The molecule has 1 rings (SSSR count). The highest BCUT2D eigenvalue weighted by molar-refractivity contribution is 5.84. The highest BCUT2D eigenvalue weighted by Crippen LogP contribution is 2.17. The normalized spacial score (nSPS) is 12.2. The summed E-state index contributed by atoms with van der Waals surface area (Å²) in [5, 5.41) is 0. The second kappa shape index (κ2) is 4.77. The van der Waals surface area contributed by atoms with Gasteiger partial charge in [-0.25, -0.2) is 0 Å². The minimum atomic E-state index is -0.508. The Balaban J connectivity index is 2.81. The molecule has 0 radical (unpaired) electrons. The number of rotatable bonds is 4. The van der Waals surface area contributed by atoms with Gasteiger partial charge in [0, 0.05) is 6.42 Å². The maximum Gasteiger partial charge on any atom is 0.153 e. The van der Waals surface area contributed by atoms with E-state index in [0.717, 1.165) is 11.3 Å². The molecule has 3 heteroatoms. The van der Waals surface area contributed by atoms with E-state index in [1.54, 1.807) is 19.2 Å². The van der Waals surface area contributed by atoms with Crippen molar-refractivity contribution in [3.8, 4) is 5.75 Å². The van der Waals surface area contributed by atoms with Crippen molar-refractivity contribution in [2.75, 3.05) is 7.11 Å². The van der Waals surface area contributed by atoms with Crippen molar-refractivity contribution in [1.29, 1.82) is 0 Å². The summed E-state index contributed by atoms with van der Waals surface area (Å²) in [4.78, 5) is 11.3. The van der Waals surface area contributed by atoms with Gasteiger partial charge in [-0.2, -0.15) is 0 Å². The van der Waals surface area contributed by atoms with Gasteiger partial charge in [-0.1, -0.05) is 19.1 Å². The van der Waals surface area contributed by atoms with Crippen molar-refractivity contribution >= 4 is 5.78 Å². The van der Waals surface area contributed by atoms with Crippen LogP contribution < -0.4 is 10.5 Å². The van der Waals surface area contributed by atoms with Gasteiger partial charge in [-0.3, -0.25) is 4.79 Å². The molecule has 0 fully saturated rings. The Kier molecular flexibility index (Phi) is 3.65. The molecule has 0 heterocycles. The van der Waals surface area contributed by atoms with Gasteiger partial charge in [0.2, 0.25) is 0 Å². The quantitative estimate of drug-likeness (QED) is 0.791. The number of hydrogen-bond acceptors (Lipinski definition) is 3. The summed E-state index contributed by atoms with van der Waals surface area (Å²) in [6.07, 6.45) is 0.465. The summed E-state index contributed by atoms with van der Waals surface area (Å²) >= 11 is 0. The molecule has 1 aromatic rings. The number of benzene rings is 1. The molecular weight excluding hydrogens is 178 g/mol. The Hall–Kier alpha value is -1.35. The molecular formula is C11H15NO2. The molecule has 0 aliphatic heterocycles. The van der Waals surface area contributed by atoms with E-state index in [0.29, 0.717) is 6.42 Å². The van der Waals surface area contributed by atoms with E-state index in [4.69, 9.17) is 10.5 Å². The van der Waals surface area contributed by atoms with Gasteiger partial charge >= 0.3 is 0 Å². The number of methoxy groups -OCH3 is 1. The molecule has 0 aliphatic rings. The van der Waals surface area contributed by atoms with Gasteiger partial charge in [0.1, 0.15) is 5.75 Å². The van der Waals surface area contributed by atoms with E-state index in [1.165, 1.54) is 0 Å². The van der Waals surface area contributed by atoms with Crippen LogP contribution in [0.1, 0.15) is 24.9 Å². The highest BCUT2D eigenvalue weighted by Gasteiger charge is 2.12. The first kappa shape index (κ1) is 10.7. The molecule has 0 bridgehead atoms. The molecule has 2 N–H and O–H groups in total. The highest BCUT2D eigenvalue weighted by atomic mass is 16.5. The molecule has 1 atom stereocenters. The van der Waals surface area contributed by atoms with Gasteiger partial charge in [-0.15, -0.1) is 0 Å². The lowest BCUT2D eigenvalue weighted by molar-refractivity contribution is -0.120. The van der Waals surface area contributed by atoms with Crippen LogP contribution in [0.3, 0.4) is 0 Å². The van der Waals surface area contributed by atoms with E-state index in [9.17, 15) is 4.79 Å². The lowest BCUT2D eigenvalue weighted by atomic mass is 10.0. The Morgan fingerprint density at radius 1 is 1.43 bits per heavy atom. The third-order valence-electron chi connectivity index (χ3n) is 2.17. The third-order valence-corrected chi connectivity index (χ3v) is 2.17. The summed E-state index contributed by atoms with van der Waals surface area (Å²) in [5.41, 5.74) is 6.58. The number of hydrogen-bond donors (Lipinski definition) is 1. The minimum absolute atomic E-state index is 0.0511. The van der Waals surface area contributed by atoms with Gasteiger partial charge in [0.15, 0.2) is 5.78 Å². The van der Waals surface area contributed by atoms with Crippen molar-refractivity contribution in [1.82, 2.24) is 0 Å². The monoisotopic (exact) mass is 193 g/mol. The second-order valence-electron chi connectivity index (χ2n) is 3.07. The summed E-state index contributed by atoms with van der Waals surface area (Å²) in [5.74, 6) is 0.820. The molecule has 0 spiro atoms. The maximum atomic E-state index is 11.3. The maximum absolute atomic E-state index is 11.3. The zero-order chi connectivity index (χ0) is 10.6. The standard InChI is InChI=1S/C11H15NO2/c1-3-10(13)11(12)8-4-6-9(14-2)7-5-8/h4-7,11H,3,12H2,1-2H3. The fourth-order valence-corrected chi connectivity index (χ4v) is 1.22. The fourth-order valence-electron chi connectivity index (χ4n) is 1.22. The molecule has 3 nitrogen and oxygen atoms in total. The van der Waals surface area contributed by atoms with E-state index in [-0.39, 0.29) is 5.78 Å². The van der Waals surface area contributed by atoms with Crippen LogP contribution in [0.2, 0.25) is 0 Å². The van der Waals surface area contributed by atoms with E-state index in [1.807, 2.05) is 19.1 Å². The van der Waals surface area contributed by atoms with Crippen molar-refractivity contribution in [3.05, 3.63) is 29.8 Å². The van der Waals surface area contributed by atoms with E-state index >= 15 is 0 Å². The first-order valence-electron chi connectivity index (χ1n) is 4.61. The Morgan fingerprint density at radius 3 is 2.43 bits per heavy atom. The summed E-state index contributed by atoms with van der Waals surface area (Å²) in [7, 11) is 1.60. The average molecular weight is 193 g/mol. The number of carbonyl (C=O) groups excluding carboxylic acids is 1. The van der Waals surface area contributed by atoms with Crippen LogP contribution in [0.4, 0.5) is 0 Å². The fraction of sp³-hybridized carbons (Fsp3) is 0.364. The van der Waals surface area contributed by atoms with Crippen molar-refractivity contribution in [3.63, 3.8) is 0 Å². The van der Waals surface area contributed by atoms with Gasteiger partial charge in [-0.05, 0) is 17.7 Å². The molecule has 14 heavy (non-hydrogen) atoms. The molecule has 76 valence electrons. The molecule has 1 unspecified atom stereocenters. The number of Topliss-reactive ketones (excluding diaryl/α,β-unsaturated/α-hetero) is 1. The van der Waals surface area contributed by atoms with Crippen LogP contribution in [0, 0.1) is 0 Å². The minimum Gasteiger partial charge on any atom is -0.497 e. The smallest absolute Gasteiger partial charge is 0.153 e. The van der Waals surface area contributed by atoms with Crippen LogP contribution in [0.25, 0.3) is 0 Å². The van der Waals surface area contributed by atoms with Crippen molar-refractivity contribution in [2.45, 2.75) is 19.4 Å². The molecule has 0 aromatic heterocycles.